The highest BCUT2D eigenvalue weighted by atomic mass is 32.2. The van der Waals surface area contributed by atoms with E-state index < -0.39 is 12.6 Å². The third kappa shape index (κ3) is 9.57. The Morgan fingerprint density at radius 1 is 1.00 bits per heavy atom. The van der Waals surface area contributed by atoms with E-state index in [-0.39, 0.29) is 19.1 Å². The zero-order valence-corrected chi connectivity index (χ0v) is 19.9. The highest BCUT2D eigenvalue weighted by Gasteiger charge is 2.43. The Balaban J connectivity index is 0.00000129. The van der Waals surface area contributed by atoms with Crippen LogP contribution in [0.5, 0.6) is 0 Å². The van der Waals surface area contributed by atoms with Crippen LogP contribution in [0.15, 0.2) is 35.2 Å². The summed E-state index contributed by atoms with van der Waals surface area (Å²) in [7, 11) is -3.56. The van der Waals surface area contributed by atoms with Crippen molar-refractivity contribution in [1.29, 1.82) is 0 Å². The fourth-order valence-electron chi connectivity index (χ4n) is 2.35. The molecule has 0 aliphatic heterocycles. The molecule has 0 aromatic heterocycles. The summed E-state index contributed by atoms with van der Waals surface area (Å²) >= 11 is 1.24. The van der Waals surface area contributed by atoms with Crippen molar-refractivity contribution in [1.82, 2.24) is 10.2 Å². The molecule has 0 saturated heterocycles. The maximum atomic E-state index is 13.2. The van der Waals surface area contributed by atoms with Crippen LogP contribution in [0.4, 0.5) is 0 Å². The van der Waals surface area contributed by atoms with Gasteiger partial charge in [-0.3, -0.25) is 9.36 Å². The van der Waals surface area contributed by atoms with Gasteiger partial charge in [0.15, 0.2) is 4.99 Å². The molecule has 0 bridgehead atoms. The lowest BCUT2D eigenvalue weighted by atomic mass is 10.4. The molecule has 28 heavy (non-hydrogen) atoms. The third-order valence-corrected chi connectivity index (χ3v) is 7.77. The van der Waals surface area contributed by atoms with Crippen molar-refractivity contribution in [3.05, 3.63) is 30.3 Å². The Bertz CT molecular complexity index is 559. The van der Waals surface area contributed by atoms with E-state index in [1.807, 2.05) is 44.2 Å². The smallest absolute Gasteiger partial charge is 0.342 e. The van der Waals surface area contributed by atoms with Gasteiger partial charge in [0.2, 0.25) is 5.91 Å². The maximum Gasteiger partial charge on any atom is 0.353 e. The molecule has 0 saturated carbocycles. The summed E-state index contributed by atoms with van der Waals surface area (Å²) in [5.74, 6) is -0.214. The Morgan fingerprint density at radius 2 is 1.50 bits per heavy atom. The van der Waals surface area contributed by atoms with Crippen molar-refractivity contribution in [2.24, 2.45) is 0 Å². The average molecular weight is 433 g/mol. The minimum atomic E-state index is -3.56. The minimum Gasteiger partial charge on any atom is -0.342 e. The van der Waals surface area contributed by atoms with Gasteiger partial charge in [-0.25, -0.2) is 0 Å². The number of nitrogens with zero attached hydrogens (tertiary/aromatic N) is 1. The van der Waals surface area contributed by atoms with E-state index in [2.05, 4.69) is 19.2 Å². The van der Waals surface area contributed by atoms with Crippen molar-refractivity contribution in [2.75, 3.05) is 39.4 Å². The number of hydrogen-bond donors (Lipinski definition) is 1. The molecule has 0 fully saturated rings. The van der Waals surface area contributed by atoms with Crippen molar-refractivity contribution >= 4 is 25.3 Å². The van der Waals surface area contributed by atoms with Crippen LogP contribution >= 0.6 is 19.4 Å². The van der Waals surface area contributed by atoms with Gasteiger partial charge in [-0.05, 0) is 52.9 Å². The predicted molar refractivity (Wildman–Crippen MR) is 119 cm³/mol. The highest BCUT2D eigenvalue weighted by Crippen LogP contribution is 2.58. The second-order valence-electron chi connectivity index (χ2n) is 5.63. The average Bonchev–Trinajstić information content (AvgIpc) is 2.69. The molecule has 1 aromatic rings. The molecule has 1 rings (SSSR count). The number of rotatable bonds is 12. The fourth-order valence-corrected chi connectivity index (χ4v) is 5.92. The first-order chi connectivity index (χ1) is 13.4. The van der Waals surface area contributed by atoms with E-state index in [0.29, 0.717) is 13.1 Å². The first kappa shape index (κ1) is 27.1. The molecule has 0 heterocycles. The van der Waals surface area contributed by atoms with Crippen molar-refractivity contribution < 1.29 is 18.4 Å². The second kappa shape index (κ2) is 16.0. The molecule has 0 aliphatic rings. The molecular formula is C20H37N2O4PS. The Morgan fingerprint density at radius 3 is 1.86 bits per heavy atom. The van der Waals surface area contributed by atoms with Gasteiger partial charge in [0, 0.05) is 18.0 Å². The standard InChI is InChI=1S/C16H26NO4PS.C4H11N/c1-5-17(6-2)15(18)16(22(19,20-7-3)21-8-4)23-14-12-10-9-11-13-14;1-3-5-4-2/h9-13,16H,5-8H2,1-4H3;5H,3-4H2,1-2H3. The summed E-state index contributed by atoms with van der Waals surface area (Å²) in [6.07, 6.45) is 0. The number of thioether (sulfide) groups is 1. The summed E-state index contributed by atoms with van der Waals surface area (Å²) < 4.78 is 24.0. The summed E-state index contributed by atoms with van der Waals surface area (Å²) in [5.41, 5.74) is 0. The molecule has 0 radical (unpaired) electrons. The van der Waals surface area contributed by atoms with Crippen LogP contribution in [0.1, 0.15) is 41.5 Å². The second-order valence-corrected chi connectivity index (χ2v) is 9.27. The number of hydrogen-bond acceptors (Lipinski definition) is 6. The van der Waals surface area contributed by atoms with E-state index >= 15 is 0 Å². The van der Waals surface area contributed by atoms with E-state index in [0.717, 1.165) is 18.0 Å². The zero-order chi connectivity index (χ0) is 21.4. The number of amides is 1. The Labute approximate surface area is 175 Å². The van der Waals surface area contributed by atoms with Crippen LogP contribution < -0.4 is 5.32 Å². The van der Waals surface area contributed by atoms with Gasteiger partial charge in [0.25, 0.3) is 0 Å². The zero-order valence-electron chi connectivity index (χ0n) is 18.1. The van der Waals surface area contributed by atoms with Crippen LogP contribution in [-0.4, -0.2) is 55.2 Å². The third-order valence-electron chi connectivity index (χ3n) is 3.68. The first-order valence-electron chi connectivity index (χ1n) is 10.0. The number of benzene rings is 1. The van der Waals surface area contributed by atoms with E-state index in [9.17, 15) is 9.36 Å². The van der Waals surface area contributed by atoms with E-state index in [1.54, 1.807) is 18.7 Å². The lowest BCUT2D eigenvalue weighted by molar-refractivity contribution is -0.129. The van der Waals surface area contributed by atoms with E-state index in [1.165, 1.54) is 11.8 Å². The molecule has 0 aliphatic carbocycles. The number of carbonyl (C=O) groups excluding carboxylic acids is 1. The summed E-state index contributed by atoms with van der Waals surface area (Å²) in [6.45, 7) is 15.3. The van der Waals surface area contributed by atoms with E-state index in [4.69, 9.17) is 9.05 Å². The molecule has 1 atom stereocenters. The molecule has 162 valence electrons. The highest BCUT2D eigenvalue weighted by molar-refractivity contribution is 8.06. The van der Waals surface area contributed by atoms with Gasteiger partial charge in [0.05, 0.1) is 13.2 Å². The van der Waals surface area contributed by atoms with Gasteiger partial charge in [-0.15, -0.1) is 0 Å². The van der Waals surface area contributed by atoms with Gasteiger partial charge in [0.1, 0.15) is 0 Å². The summed E-state index contributed by atoms with van der Waals surface area (Å²) in [6, 6.07) is 9.43. The molecule has 6 nitrogen and oxygen atoms in total. The topological polar surface area (TPSA) is 67.9 Å². The molecule has 1 N–H and O–H groups in total. The summed E-state index contributed by atoms with van der Waals surface area (Å²) in [4.78, 5) is 14.5. The maximum absolute atomic E-state index is 13.2. The normalized spacial score (nSPS) is 12.1. The van der Waals surface area contributed by atoms with Crippen LogP contribution in [-0.2, 0) is 18.4 Å². The molecular weight excluding hydrogens is 395 g/mol. The fraction of sp³-hybridized carbons (Fsp3) is 0.650. The largest absolute Gasteiger partial charge is 0.353 e. The van der Waals surface area contributed by atoms with Crippen LogP contribution in [0.2, 0.25) is 0 Å². The lowest BCUT2D eigenvalue weighted by Crippen LogP contribution is -2.38. The van der Waals surface area contributed by atoms with Crippen molar-refractivity contribution in [3.8, 4) is 0 Å². The van der Waals surface area contributed by atoms with Gasteiger partial charge in [-0.1, -0.05) is 43.8 Å². The monoisotopic (exact) mass is 432 g/mol. The SMILES string of the molecule is CCNCC.CCOP(=O)(OCC)C(Sc1ccccc1)C(=O)N(CC)CC. The molecule has 1 unspecified atom stereocenters. The summed E-state index contributed by atoms with van der Waals surface area (Å²) in [5, 5.41) is 3.11. The number of nitrogens with one attached hydrogen (secondary N) is 1. The minimum absolute atomic E-state index is 0.214. The van der Waals surface area contributed by atoms with Gasteiger partial charge >= 0.3 is 7.60 Å². The van der Waals surface area contributed by atoms with Gasteiger partial charge in [-0.2, -0.15) is 0 Å². The first-order valence-corrected chi connectivity index (χ1v) is 12.5. The molecule has 0 spiro atoms. The lowest BCUT2D eigenvalue weighted by Gasteiger charge is -2.29. The Hall–Kier alpha value is -0.850. The van der Waals surface area contributed by atoms with Crippen molar-refractivity contribution in [2.45, 2.75) is 51.4 Å². The van der Waals surface area contributed by atoms with Gasteiger partial charge < -0.3 is 19.3 Å². The predicted octanol–water partition coefficient (Wildman–Crippen LogP) is 4.86. The molecule has 8 heteroatoms. The van der Waals surface area contributed by atoms with Crippen molar-refractivity contribution in [3.63, 3.8) is 0 Å². The number of carbonyl (C=O) groups is 1. The molecule has 1 amide bonds. The molecule has 1 aromatic carbocycles. The quantitative estimate of drug-likeness (QED) is 0.376. The van der Waals surface area contributed by atoms with Crippen LogP contribution in [0.3, 0.4) is 0 Å². The van der Waals surface area contributed by atoms with Crippen LogP contribution in [0.25, 0.3) is 0 Å². The van der Waals surface area contributed by atoms with Crippen LogP contribution in [0, 0.1) is 0 Å². The Kier molecular flexibility index (Phi) is 15.5.